The van der Waals surface area contributed by atoms with Crippen LogP contribution in [0, 0.1) is 0 Å². The number of hydrogen-bond acceptors (Lipinski definition) is 4. The van der Waals surface area contributed by atoms with Crippen LogP contribution in [0.25, 0.3) is 0 Å². The molecule has 98 valence electrons. The van der Waals surface area contributed by atoms with E-state index in [4.69, 9.17) is 0 Å². The summed E-state index contributed by atoms with van der Waals surface area (Å²) in [4.78, 5) is 20.1. The minimum Gasteiger partial charge on any atom is -0.315 e. The van der Waals surface area contributed by atoms with Crippen LogP contribution in [0.15, 0.2) is 24.5 Å². The Kier molecular flexibility index (Phi) is 4.28. The quantitative estimate of drug-likeness (QED) is 0.838. The number of hydrogen-bond donors (Lipinski definition) is 1. The van der Waals surface area contributed by atoms with E-state index in [0.29, 0.717) is 6.42 Å². The molecule has 1 aromatic heterocycles. The summed E-state index contributed by atoms with van der Waals surface area (Å²) in [5.74, 6) is 0.141. The van der Waals surface area contributed by atoms with Crippen molar-refractivity contribution in [2.75, 3.05) is 38.6 Å². The van der Waals surface area contributed by atoms with Crippen molar-refractivity contribution in [3.8, 4) is 0 Å². The fourth-order valence-electron chi connectivity index (χ4n) is 2.14. The van der Waals surface area contributed by atoms with Gasteiger partial charge in [-0.15, -0.1) is 0 Å². The van der Waals surface area contributed by atoms with Crippen molar-refractivity contribution in [3.63, 3.8) is 0 Å². The molecule has 1 atom stereocenters. The minimum atomic E-state index is 0.141. The van der Waals surface area contributed by atoms with Gasteiger partial charge in [0.25, 0.3) is 0 Å². The van der Waals surface area contributed by atoms with E-state index in [1.807, 2.05) is 19.2 Å². The molecule has 5 heteroatoms. The van der Waals surface area contributed by atoms with E-state index in [9.17, 15) is 4.79 Å². The lowest BCUT2D eigenvalue weighted by molar-refractivity contribution is -0.119. The Morgan fingerprint density at radius 1 is 1.56 bits per heavy atom. The molecule has 1 amide bonds. The molecule has 1 saturated heterocycles. The lowest BCUT2D eigenvalue weighted by atomic mass is 10.1. The number of aromatic nitrogens is 1. The molecule has 0 aliphatic carbocycles. The molecular weight excluding hydrogens is 228 g/mol. The maximum atomic E-state index is 12.2. The highest BCUT2D eigenvalue weighted by Crippen LogP contribution is 2.13. The zero-order chi connectivity index (χ0) is 13.0. The van der Waals surface area contributed by atoms with Gasteiger partial charge in [-0.05, 0) is 19.2 Å². The van der Waals surface area contributed by atoms with Gasteiger partial charge in [0.15, 0.2) is 0 Å². The van der Waals surface area contributed by atoms with Crippen LogP contribution in [-0.2, 0) is 4.79 Å². The molecule has 0 bridgehead atoms. The molecule has 0 saturated carbocycles. The molecule has 1 aromatic rings. The third kappa shape index (κ3) is 3.05. The van der Waals surface area contributed by atoms with Gasteiger partial charge >= 0.3 is 0 Å². The zero-order valence-corrected chi connectivity index (χ0v) is 11.0. The van der Waals surface area contributed by atoms with Crippen LogP contribution < -0.4 is 10.2 Å². The Morgan fingerprint density at radius 3 is 2.94 bits per heavy atom. The highest BCUT2D eigenvalue weighted by molar-refractivity contribution is 5.93. The first-order valence-electron chi connectivity index (χ1n) is 6.26. The number of likely N-dealkylation sites (N-methyl/N-ethyl adjacent to an activating group) is 1. The molecule has 1 unspecified atom stereocenters. The molecule has 2 rings (SSSR count). The van der Waals surface area contributed by atoms with Crippen LogP contribution in [0.1, 0.15) is 6.42 Å². The van der Waals surface area contributed by atoms with Crippen LogP contribution in [0.4, 0.5) is 5.69 Å². The van der Waals surface area contributed by atoms with Crippen molar-refractivity contribution in [1.29, 1.82) is 0 Å². The third-order valence-corrected chi connectivity index (χ3v) is 3.48. The van der Waals surface area contributed by atoms with Gasteiger partial charge in [-0.1, -0.05) is 0 Å². The van der Waals surface area contributed by atoms with Crippen molar-refractivity contribution in [2.45, 2.75) is 12.5 Å². The van der Waals surface area contributed by atoms with Gasteiger partial charge in [0.1, 0.15) is 0 Å². The lowest BCUT2D eigenvalue weighted by Crippen LogP contribution is -2.51. The van der Waals surface area contributed by atoms with E-state index in [-0.39, 0.29) is 11.9 Å². The van der Waals surface area contributed by atoms with Crippen molar-refractivity contribution in [2.24, 2.45) is 0 Å². The first kappa shape index (κ1) is 13.0. The molecule has 1 aliphatic rings. The standard InChI is InChI=1S/C13H20N4O/c1-16-8-7-15-10-12(16)9-13(18)17(2)11-3-5-14-6-4-11/h3-6,12,15H,7-10H2,1-2H3. The van der Waals surface area contributed by atoms with Crippen molar-refractivity contribution >= 4 is 11.6 Å². The number of carbonyl (C=O) groups is 1. The number of carbonyl (C=O) groups excluding carboxylic acids is 1. The minimum absolute atomic E-state index is 0.141. The van der Waals surface area contributed by atoms with Crippen LogP contribution >= 0.6 is 0 Å². The smallest absolute Gasteiger partial charge is 0.228 e. The second-order valence-electron chi connectivity index (χ2n) is 4.70. The van der Waals surface area contributed by atoms with E-state index in [1.54, 1.807) is 17.3 Å². The molecule has 1 N–H and O–H groups in total. The normalized spacial score (nSPS) is 20.7. The van der Waals surface area contributed by atoms with Gasteiger partial charge in [-0.25, -0.2) is 0 Å². The number of pyridine rings is 1. The predicted molar refractivity (Wildman–Crippen MR) is 71.6 cm³/mol. The molecule has 0 aromatic carbocycles. The molecule has 5 nitrogen and oxygen atoms in total. The highest BCUT2D eigenvalue weighted by Gasteiger charge is 2.23. The van der Waals surface area contributed by atoms with Gasteiger partial charge < -0.3 is 15.1 Å². The average molecular weight is 248 g/mol. The Morgan fingerprint density at radius 2 is 2.28 bits per heavy atom. The van der Waals surface area contributed by atoms with E-state index >= 15 is 0 Å². The van der Waals surface area contributed by atoms with Crippen LogP contribution in [-0.4, -0.2) is 55.6 Å². The van der Waals surface area contributed by atoms with Gasteiger partial charge in [0.05, 0.1) is 0 Å². The van der Waals surface area contributed by atoms with Gasteiger partial charge in [0, 0.05) is 57.2 Å². The average Bonchev–Trinajstić information content (AvgIpc) is 2.41. The molecule has 0 spiro atoms. The van der Waals surface area contributed by atoms with Gasteiger partial charge in [-0.3, -0.25) is 9.78 Å². The summed E-state index contributed by atoms with van der Waals surface area (Å²) in [5, 5.41) is 3.33. The zero-order valence-electron chi connectivity index (χ0n) is 11.0. The monoisotopic (exact) mass is 248 g/mol. The van der Waals surface area contributed by atoms with Crippen LogP contribution in [0.5, 0.6) is 0 Å². The Hall–Kier alpha value is -1.46. The fraction of sp³-hybridized carbons (Fsp3) is 0.538. The number of piperazine rings is 1. The molecule has 2 heterocycles. The lowest BCUT2D eigenvalue weighted by Gasteiger charge is -2.33. The van der Waals surface area contributed by atoms with E-state index in [2.05, 4.69) is 22.2 Å². The molecule has 0 radical (unpaired) electrons. The Bertz CT molecular complexity index is 395. The molecular formula is C13H20N4O. The summed E-state index contributed by atoms with van der Waals surface area (Å²) in [6, 6.07) is 3.98. The first-order chi connectivity index (χ1) is 8.68. The summed E-state index contributed by atoms with van der Waals surface area (Å²) in [5.41, 5.74) is 0.890. The third-order valence-electron chi connectivity index (χ3n) is 3.48. The van der Waals surface area contributed by atoms with E-state index in [0.717, 1.165) is 25.3 Å². The van der Waals surface area contributed by atoms with Gasteiger partial charge in [0.2, 0.25) is 5.91 Å². The topological polar surface area (TPSA) is 48.5 Å². The second-order valence-corrected chi connectivity index (χ2v) is 4.70. The van der Waals surface area contributed by atoms with E-state index < -0.39 is 0 Å². The number of amides is 1. The number of nitrogens with one attached hydrogen (secondary N) is 1. The summed E-state index contributed by atoms with van der Waals surface area (Å²) < 4.78 is 0. The number of rotatable bonds is 3. The highest BCUT2D eigenvalue weighted by atomic mass is 16.2. The number of nitrogens with zero attached hydrogens (tertiary/aromatic N) is 3. The van der Waals surface area contributed by atoms with E-state index in [1.165, 1.54) is 0 Å². The number of anilines is 1. The second kappa shape index (κ2) is 5.93. The first-order valence-corrected chi connectivity index (χ1v) is 6.26. The summed E-state index contributed by atoms with van der Waals surface area (Å²) >= 11 is 0. The van der Waals surface area contributed by atoms with Crippen molar-refractivity contribution in [1.82, 2.24) is 15.2 Å². The largest absolute Gasteiger partial charge is 0.315 e. The summed E-state index contributed by atoms with van der Waals surface area (Å²) in [6.07, 6.45) is 3.95. The molecule has 1 fully saturated rings. The summed E-state index contributed by atoms with van der Waals surface area (Å²) in [7, 11) is 3.89. The Balaban J connectivity index is 1.95. The molecule has 18 heavy (non-hydrogen) atoms. The van der Waals surface area contributed by atoms with Crippen molar-refractivity contribution < 1.29 is 4.79 Å². The maximum absolute atomic E-state index is 12.2. The SMILES string of the molecule is CN(C(=O)CC1CNCCN1C)c1ccncc1. The fourth-order valence-corrected chi connectivity index (χ4v) is 2.14. The van der Waals surface area contributed by atoms with Crippen molar-refractivity contribution in [3.05, 3.63) is 24.5 Å². The predicted octanol–water partition coefficient (Wildman–Crippen LogP) is 0.338. The maximum Gasteiger partial charge on any atom is 0.228 e. The Labute approximate surface area is 108 Å². The van der Waals surface area contributed by atoms with Crippen LogP contribution in [0.2, 0.25) is 0 Å². The summed E-state index contributed by atoms with van der Waals surface area (Å²) in [6.45, 7) is 2.88. The van der Waals surface area contributed by atoms with Gasteiger partial charge in [-0.2, -0.15) is 0 Å². The van der Waals surface area contributed by atoms with Crippen LogP contribution in [0.3, 0.4) is 0 Å². The molecule has 1 aliphatic heterocycles.